The van der Waals surface area contributed by atoms with Gasteiger partial charge in [-0.3, -0.25) is 10.1 Å². The average Bonchev–Trinajstić information content (AvgIpc) is 2.76. The van der Waals surface area contributed by atoms with Gasteiger partial charge in [-0.1, -0.05) is 15.9 Å². The maximum atomic E-state index is 11.0. The predicted octanol–water partition coefficient (Wildman–Crippen LogP) is 2.96. The zero-order chi connectivity index (χ0) is 12.4. The molecule has 0 bridgehead atoms. The first-order chi connectivity index (χ1) is 8.13. The van der Waals surface area contributed by atoms with Crippen molar-refractivity contribution < 1.29 is 9.66 Å². The van der Waals surface area contributed by atoms with Crippen molar-refractivity contribution in [1.29, 1.82) is 5.26 Å². The lowest BCUT2D eigenvalue weighted by molar-refractivity contribution is -0.386. The van der Waals surface area contributed by atoms with Crippen LogP contribution in [-0.4, -0.2) is 11.5 Å². The number of benzene rings is 1. The van der Waals surface area contributed by atoms with E-state index in [1.165, 1.54) is 6.07 Å². The van der Waals surface area contributed by atoms with Gasteiger partial charge in [0.2, 0.25) is 0 Å². The van der Waals surface area contributed by atoms with Gasteiger partial charge >= 0.3 is 0 Å². The third-order valence-corrected chi connectivity index (χ3v) is 3.25. The average molecular weight is 297 g/mol. The summed E-state index contributed by atoms with van der Waals surface area (Å²) in [6.07, 6.45) is 0.127. The lowest BCUT2D eigenvalue weighted by atomic mass is 9.95. The second-order valence-electron chi connectivity index (χ2n) is 3.78. The van der Waals surface area contributed by atoms with Crippen molar-refractivity contribution in [3.63, 3.8) is 0 Å². The van der Waals surface area contributed by atoms with Crippen molar-refractivity contribution in [2.45, 2.75) is 12.5 Å². The van der Waals surface area contributed by atoms with E-state index in [1.807, 2.05) is 0 Å². The molecule has 0 aliphatic carbocycles. The zero-order valence-electron chi connectivity index (χ0n) is 8.80. The Morgan fingerprint density at radius 2 is 2.35 bits per heavy atom. The summed E-state index contributed by atoms with van der Waals surface area (Å²) in [5, 5.41) is 19.9. The number of hydrogen-bond donors (Lipinski definition) is 0. The molecule has 2 atom stereocenters. The minimum atomic E-state index is -0.492. The Balaban J connectivity index is 2.45. The summed E-state index contributed by atoms with van der Waals surface area (Å²) in [7, 11) is 0. The monoisotopic (exact) mass is 296 g/mol. The van der Waals surface area contributed by atoms with Crippen molar-refractivity contribution in [3.8, 4) is 6.07 Å². The minimum Gasteiger partial charge on any atom is -0.372 e. The van der Waals surface area contributed by atoms with E-state index in [4.69, 9.17) is 10.00 Å². The fourth-order valence-electron chi connectivity index (χ4n) is 1.94. The van der Waals surface area contributed by atoms with Crippen molar-refractivity contribution in [3.05, 3.63) is 38.3 Å². The summed E-state index contributed by atoms with van der Waals surface area (Å²) in [5.41, 5.74) is 0.466. The van der Waals surface area contributed by atoms with Gasteiger partial charge in [0.25, 0.3) is 5.69 Å². The van der Waals surface area contributed by atoms with Crippen molar-refractivity contribution in [2.24, 2.45) is 5.92 Å². The first-order valence-electron chi connectivity index (χ1n) is 5.08. The summed E-state index contributed by atoms with van der Waals surface area (Å²) in [4.78, 5) is 10.5. The van der Waals surface area contributed by atoms with Gasteiger partial charge in [-0.05, 0) is 18.6 Å². The molecule has 17 heavy (non-hydrogen) atoms. The molecule has 88 valence electrons. The Kier molecular flexibility index (Phi) is 3.41. The summed E-state index contributed by atoms with van der Waals surface area (Å²) in [6.45, 7) is 0.468. The maximum Gasteiger partial charge on any atom is 0.276 e. The number of nitro benzene ring substituents is 1. The standard InChI is InChI=1S/C11H9BrN2O3/c12-8-1-2-9(10(5-8)14(15)16)11-7(6-13)3-4-17-11/h1-2,5,7,11H,3-4H2. The Morgan fingerprint density at radius 3 is 3.00 bits per heavy atom. The molecule has 1 aliphatic heterocycles. The van der Waals surface area contributed by atoms with Crippen LogP contribution in [0.15, 0.2) is 22.7 Å². The minimum absolute atomic E-state index is 0.00785. The summed E-state index contributed by atoms with van der Waals surface area (Å²) < 4.78 is 6.07. The molecule has 1 fully saturated rings. The fraction of sp³-hybridized carbons (Fsp3) is 0.364. The van der Waals surface area contributed by atoms with Crippen LogP contribution in [-0.2, 0) is 4.74 Å². The molecule has 0 spiro atoms. The van der Waals surface area contributed by atoms with Gasteiger partial charge in [-0.2, -0.15) is 5.26 Å². The van der Waals surface area contributed by atoms with Crippen molar-refractivity contribution in [2.75, 3.05) is 6.61 Å². The Hall–Kier alpha value is -1.45. The highest BCUT2D eigenvalue weighted by molar-refractivity contribution is 9.10. The second kappa shape index (κ2) is 4.82. The normalized spacial score (nSPS) is 23.3. The smallest absolute Gasteiger partial charge is 0.276 e. The molecule has 2 unspecified atom stereocenters. The Bertz CT molecular complexity index is 498. The van der Waals surface area contributed by atoms with Crippen molar-refractivity contribution >= 4 is 21.6 Å². The molecular weight excluding hydrogens is 288 g/mol. The molecule has 0 radical (unpaired) electrons. The van der Waals surface area contributed by atoms with E-state index in [9.17, 15) is 10.1 Å². The number of nitro groups is 1. The van der Waals surface area contributed by atoms with Crippen LogP contribution >= 0.6 is 15.9 Å². The van der Waals surface area contributed by atoms with E-state index in [1.54, 1.807) is 12.1 Å². The Labute approximate surface area is 106 Å². The van der Waals surface area contributed by atoms with Crippen molar-refractivity contribution in [1.82, 2.24) is 0 Å². The van der Waals surface area contributed by atoms with Crippen LogP contribution in [0.1, 0.15) is 18.1 Å². The SMILES string of the molecule is N#CC1CCOC1c1ccc(Br)cc1[N+](=O)[O-]. The number of nitriles is 1. The molecule has 2 rings (SSSR count). The van der Waals surface area contributed by atoms with Crippen LogP contribution in [0.2, 0.25) is 0 Å². The van der Waals surface area contributed by atoms with Crippen LogP contribution in [0.5, 0.6) is 0 Å². The molecule has 0 saturated carbocycles. The lowest BCUT2D eigenvalue weighted by Gasteiger charge is -2.13. The van der Waals surface area contributed by atoms with Crippen LogP contribution < -0.4 is 0 Å². The number of ether oxygens (including phenoxy) is 1. The summed E-state index contributed by atoms with van der Waals surface area (Å²) in [5.74, 6) is -0.310. The molecule has 1 aromatic rings. The molecule has 6 heteroatoms. The third-order valence-electron chi connectivity index (χ3n) is 2.75. The zero-order valence-corrected chi connectivity index (χ0v) is 10.4. The summed E-state index contributed by atoms with van der Waals surface area (Å²) >= 11 is 3.20. The van der Waals surface area contributed by atoms with Gasteiger partial charge in [-0.15, -0.1) is 0 Å². The molecule has 1 aliphatic rings. The van der Waals surface area contributed by atoms with Gasteiger partial charge in [0.1, 0.15) is 6.10 Å². The van der Waals surface area contributed by atoms with Gasteiger partial charge in [-0.25, -0.2) is 0 Å². The van der Waals surface area contributed by atoms with Crippen LogP contribution in [0.3, 0.4) is 0 Å². The van der Waals surface area contributed by atoms with E-state index >= 15 is 0 Å². The predicted molar refractivity (Wildman–Crippen MR) is 63.2 cm³/mol. The number of halogens is 1. The highest BCUT2D eigenvalue weighted by atomic mass is 79.9. The number of rotatable bonds is 2. The first kappa shape index (κ1) is 12.0. The van der Waals surface area contributed by atoms with Gasteiger partial charge in [0, 0.05) is 17.1 Å². The van der Waals surface area contributed by atoms with Gasteiger partial charge in [0.15, 0.2) is 0 Å². The van der Waals surface area contributed by atoms with E-state index in [-0.39, 0.29) is 11.6 Å². The van der Waals surface area contributed by atoms with E-state index < -0.39 is 11.0 Å². The summed E-state index contributed by atoms with van der Waals surface area (Å²) in [6, 6.07) is 6.93. The topological polar surface area (TPSA) is 76.2 Å². The largest absolute Gasteiger partial charge is 0.372 e. The fourth-order valence-corrected chi connectivity index (χ4v) is 2.29. The van der Waals surface area contributed by atoms with E-state index in [0.717, 1.165) is 0 Å². The number of hydrogen-bond acceptors (Lipinski definition) is 4. The molecule has 5 nitrogen and oxygen atoms in total. The second-order valence-corrected chi connectivity index (χ2v) is 4.69. The van der Waals surface area contributed by atoms with Crippen LogP contribution in [0.4, 0.5) is 5.69 Å². The maximum absolute atomic E-state index is 11.0. The molecular formula is C11H9BrN2O3. The quantitative estimate of drug-likeness (QED) is 0.621. The van der Waals surface area contributed by atoms with Gasteiger partial charge in [0.05, 0.1) is 22.5 Å². The molecule has 0 aromatic heterocycles. The van der Waals surface area contributed by atoms with E-state index in [0.29, 0.717) is 23.1 Å². The molecule has 1 saturated heterocycles. The molecule has 0 N–H and O–H groups in total. The lowest BCUT2D eigenvalue weighted by Crippen LogP contribution is -2.08. The van der Waals surface area contributed by atoms with Crippen LogP contribution in [0.25, 0.3) is 0 Å². The molecule has 1 heterocycles. The van der Waals surface area contributed by atoms with E-state index in [2.05, 4.69) is 22.0 Å². The van der Waals surface area contributed by atoms with Crippen LogP contribution in [0, 0.1) is 27.4 Å². The Morgan fingerprint density at radius 1 is 1.59 bits per heavy atom. The highest BCUT2D eigenvalue weighted by Gasteiger charge is 2.34. The van der Waals surface area contributed by atoms with Gasteiger partial charge < -0.3 is 4.74 Å². The molecule has 1 aromatic carbocycles. The number of nitrogens with zero attached hydrogens (tertiary/aromatic N) is 2. The first-order valence-corrected chi connectivity index (χ1v) is 5.88. The molecule has 0 amide bonds. The highest BCUT2D eigenvalue weighted by Crippen LogP contribution is 2.39. The third kappa shape index (κ3) is 2.30.